The van der Waals surface area contributed by atoms with Crippen molar-refractivity contribution in [1.29, 1.82) is 0 Å². The fourth-order valence-electron chi connectivity index (χ4n) is 1.28. The van der Waals surface area contributed by atoms with Crippen molar-refractivity contribution in [2.75, 3.05) is 7.11 Å². The second-order valence-corrected chi connectivity index (χ2v) is 3.21. The summed E-state index contributed by atoms with van der Waals surface area (Å²) in [6.45, 7) is 0. The maximum Gasteiger partial charge on any atom is 0.361 e. The van der Waals surface area contributed by atoms with E-state index in [4.69, 9.17) is 4.65 Å². The Bertz CT molecular complexity index is 322. The molecule has 0 fully saturated rings. The van der Waals surface area contributed by atoms with E-state index in [9.17, 15) is 9.18 Å². The van der Waals surface area contributed by atoms with Gasteiger partial charge in [-0.3, -0.25) is 0 Å². The summed E-state index contributed by atoms with van der Waals surface area (Å²) in [6.07, 6.45) is 1.26. The molecule has 1 rings (SSSR count). The molecule has 1 unspecified atom stereocenters. The molecule has 1 N–H and O–H groups in total. The Hall–Kier alpha value is -1.20. The zero-order chi connectivity index (χ0) is 11.1. The van der Waals surface area contributed by atoms with Crippen molar-refractivity contribution < 1.29 is 13.8 Å². The second kappa shape index (κ2) is 6.32. The van der Waals surface area contributed by atoms with Crippen LogP contribution in [0.15, 0.2) is 24.3 Å². The molecule has 0 saturated carbocycles. The van der Waals surface area contributed by atoms with E-state index in [2.05, 4.69) is 5.23 Å². The van der Waals surface area contributed by atoms with Gasteiger partial charge in [0.1, 0.15) is 12.1 Å². The molecule has 1 aromatic carbocycles. The van der Waals surface area contributed by atoms with Gasteiger partial charge in [0, 0.05) is 7.11 Å². The molecule has 1 atom stereocenters. The van der Waals surface area contributed by atoms with Crippen molar-refractivity contribution >= 4 is 13.9 Å². The van der Waals surface area contributed by atoms with E-state index in [1.54, 1.807) is 12.1 Å². The van der Waals surface area contributed by atoms with Crippen molar-refractivity contribution in [3.05, 3.63) is 35.6 Å². The molecule has 1 aromatic rings. The van der Waals surface area contributed by atoms with Gasteiger partial charge in [0.25, 0.3) is 0 Å². The minimum atomic E-state index is -0.341. The predicted molar refractivity (Wildman–Crippen MR) is 57.2 cm³/mol. The molecule has 0 aliphatic heterocycles. The number of carbonyl (C=O) groups excluding carboxylic acids is 1. The lowest BCUT2D eigenvalue weighted by Gasteiger charge is -2.10. The summed E-state index contributed by atoms with van der Waals surface area (Å²) in [6, 6.07) is 5.87. The molecule has 0 bridgehead atoms. The SMILES string of the molecule is COBNC(C=O)Cc1cccc(F)c1. The summed E-state index contributed by atoms with van der Waals surface area (Å²) >= 11 is 0. The van der Waals surface area contributed by atoms with E-state index in [1.165, 1.54) is 19.2 Å². The Balaban J connectivity index is 2.54. The third-order valence-corrected chi connectivity index (χ3v) is 2.00. The Morgan fingerprint density at radius 1 is 1.67 bits per heavy atom. The highest BCUT2D eigenvalue weighted by Crippen LogP contribution is 2.05. The van der Waals surface area contributed by atoms with Gasteiger partial charge >= 0.3 is 7.62 Å². The third-order valence-electron chi connectivity index (χ3n) is 2.00. The highest BCUT2D eigenvalue weighted by atomic mass is 19.1. The van der Waals surface area contributed by atoms with E-state index in [-0.39, 0.29) is 11.9 Å². The molecule has 0 heterocycles. The molecule has 0 aromatic heterocycles. The summed E-state index contributed by atoms with van der Waals surface area (Å²) in [4.78, 5) is 10.7. The highest BCUT2D eigenvalue weighted by Gasteiger charge is 2.08. The van der Waals surface area contributed by atoms with Gasteiger partial charge in [0.05, 0.1) is 6.04 Å². The van der Waals surface area contributed by atoms with Crippen LogP contribution >= 0.6 is 0 Å². The third kappa shape index (κ3) is 4.23. The number of hydrogen-bond acceptors (Lipinski definition) is 3. The topological polar surface area (TPSA) is 38.3 Å². The molecule has 0 aliphatic rings. The van der Waals surface area contributed by atoms with Gasteiger partial charge in [-0.15, -0.1) is 0 Å². The second-order valence-electron chi connectivity index (χ2n) is 3.21. The maximum absolute atomic E-state index is 12.8. The zero-order valence-corrected chi connectivity index (χ0v) is 8.57. The summed E-state index contributed by atoms with van der Waals surface area (Å²) < 4.78 is 17.6. The molecule has 0 aliphatic carbocycles. The molecule has 0 amide bonds. The molecular weight excluding hydrogens is 196 g/mol. The fourth-order valence-corrected chi connectivity index (χ4v) is 1.28. The number of aldehydes is 1. The normalized spacial score (nSPS) is 12.1. The van der Waals surface area contributed by atoms with Crippen molar-refractivity contribution in [2.24, 2.45) is 0 Å². The summed E-state index contributed by atoms with van der Waals surface area (Å²) in [5.41, 5.74) is 0.788. The number of halogens is 1. The van der Waals surface area contributed by atoms with Crippen LogP contribution in [0, 0.1) is 5.82 Å². The first-order valence-electron chi connectivity index (χ1n) is 4.68. The van der Waals surface area contributed by atoms with Gasteiger partial charge in [-0.25, -0.2) is 4.39 Å². The van der Waals surface area contributed by atoms with Crippen molar-refractivity contribution in [2.45, 2.75) is 12.5 Å². The molecule has 80 valence electrons. The highest BCUT2D eigenvalue weighted by molar-refractivity contribution is 6.24. The van der Waals surface area contributed by atoms with Gasteiger partial charge in [0.15, 0.2) is 0 Å². The predicted octanol–water partition coefficient (Wildman–Crippen LogP) is 0.438. The van der Waals surface area contributed by atoms with Crippen LogP contribution in [-0.2, 0) is 15.9 Å². The monoisotopic (exact) mass is 209 g/mol. The molecule has 15 heavy (non-hydrogen) atoms. The quantitative estimate of drug-likeness (QED) is 0.545. The van der Waals surface area contributed by atoms with Crippen molar-refractivity contribution in [3.8, 4) is 0 Å². The van der Waals surface area contributed by atoms with Crippen LogP contribution in [0.3, 0.4) is 0 Å². The van der Waals surface area contributed by atoms with Gasteiger partial charge in [0.2, 0.25) is 0 Å². The standard InChI is InChI=1S/C10H13BFNO2/c1-15-11-13-10(7-14)6-8-3-2-4-9(12)5-8/h2-5,7,10-11,13H,6H2,1H3. The van der Waals surface area contributed by atoms with Crippen LogP contribution in [0.1, 0.15) is 5.56 Å². The number of benzene rings is 1. The van der Waals surface area contributed by atoms with Crippen molar-refractivity contribution in [3.63, 3.8) is 0 Å². The van der Waals surface area contributed by atoms with Gasteiger partial charge in [-0.1, -0.05) is 12.1 Å². The smallest absolute Gasteiger partial charge is 0.361 e. The number of hydrogen-bond donors (Lipinski definition) is 1. The van der Waals surface area contributed by atoms with Crippen LogP contribution in [0.2, 0.25) is 0 Å². The first-order chi connectivity index (χ1) is 7.26. The minimum absolute atomic E-state index is 0.288. The fraction of sp³-hybridized carbons (Fsp3) is 0.300. The van der Waals surface area contributed by atoms with Gasteiger partial charge in [-0.05, 0) is 24.1 Å². The maximum atomic E-state index is 12.8. The molecule has 0 radical (unpaired) electrons. The molecule has 3 nitrogen and oxygen atoms in total. The van der Waals surface area contributed by atoms with E-state index in [1.807, 2.05) is 0 Å². The molecule has 5 heteroatoms. The van der Waals surface area contributed by atoms with E-state index in [0.717, 1.165) is 11.8 Å². The average Bonchev–Trinajstić information content (AvgIpc) is 2.24. The van der Waals surface area contributed by atoms with Crippen molar-refractivity contribution in [1.82, 2.24) is 5.23 Å². The van der Waals surface area contributed by atoms with Crippen LogP contribution in [-0.4, -0.2) is 27.1 Å². The lowest BCUT2D eigenvalue weighted by molar-refractivity contribution is -0.109. The Labute approximate surface area is 88.9 Å². The van der Waals surface area contributed by atoms with Gasteiger partial charge in [-0.2, -0.15) is 0 Å². The molecular formula is C10H13BFNO2. The lowest BCUT2D eigenvalue weighted by Crippen LogP contribution is -2.36. The average molecular weight is 209 g/mol. The largest absolute Gasteiger partial charge is 0.427 e. The van der Waals surface area contributed by atoms with E-state index >= 15 is 0 Å². The lowest BCUT2D eigenvalue weighted by atomic mass is 10.0. The molecule has 0 saturated heterocycles. The van der Waals surface area contributed by atoms with Crippen LogP contribution < -0.4 is 5.23 Å². The Morgan fingerprint density at radius 2 is 2.47 bits per heavy atom. The van der Waals surface area contributed by atoms with E-state index in [0.29, 0.717) is 14.0 Å². The first-order valence-corrected chi connectivity index (χ1v) is 4.68. The Morgan fingerprint density at radius 3 is 3.07 bits per heavy atom. The minimum Gasteiger partial charge on any atom is -0.427 e. The summed E-state index contributed by atoms with van der Waals surface area (Å²) in [7, 11) is 1.84. The molecule has 0 spiro atoms. The first kappa shape index (κ1) is 11.9. The zero-order valence-electron chi connectivity index (χ0n) is 8.57. The Kier molecular flexibility index (Phi) is 5.00. The van der Waals surface area contributed by atoms with Gasteiger partial charge < -0.3 is 14.7 Å². The van der Waals surface area contributed by atoms with Crippen LogP contribution in [0.25, 0.3) is 0 Å². The van der Waals surface area contributed by atoms with E-state index < -0.39 is 0 Å². The number of carbonyl (C=O) groups is 1. The summed E-state index contributed by atoms with van der Waals surface area (Å²) in [5, 5.41) is 2.87. The number of nitrogens with one attached hydrogen (secondary N) is 1. The summed E-state index contributed by atoms with van der Waals surface area (Å²) in [5.74, 6) is -0.288. The van der Waals surface area contributed by atoms with Crippen LogP contribution in [0.5, 0.6) is 0 Å². The van der Waals surface area contributed by atoms with Crippen LogP contribution in [0.4, 0.5) is 4.39 Å². The number of rotatable bonds is 6.